The van der Waals surface area contributed by atoms with E-state index in [0.29, 0.717) is 18.5 Å². The van der Waals surface area contributed by atoms with Gasteiger partial charge in [0.25, 0.3) is 5.91 Å². The second-order valence-corrected chi connectivity index (χ2v) is 4.55. The molecule has 1 atom stereocenters. The van der Waals surface area contributed by atoms with Crippen LogP contribution in [0, 0.1) is 0 Å². The van der Waals surface area contributed by atoms with Crippen LogP contribution in [-0.2, 0) is 14.4 Å². The first kappa shape index (κ1) is 12.5. The summed E-state index contributed by atoms with van der Waals surface area (Å²) in [5.74, 6) is -0.743. The molecule has 1 saturated heterocycles. The molecule has 0 spiro atoms. The van der Waals surface area contributed by atoms with Crippen LogP contribution in [0.2, 0.25) is 0 Å². The number of carbonyl (C=O) groups is 3. The maximum absolute atomic E-state index is 12.1. The Hall–Kier alpha value is -1.91. The Labute approximate surface area is 106 Å². The minimum Gasteiger partial charge on any atom is -0.323 e. The average Bonchev–Trinajstić information content (AvgIpc) is 2.58. The molecule has 1 unspecified atom stereocenters. The standard InChI is InChI=1S/C13H16N2O3/c1-3-4-9-7-15(13(18)8(9)2)10-5-6-11(16)14-12(10)17/h3-4,10H,5-7H2,1-2H3,(H,14,16,17)/b4-3-. The first-order valence-corrected chi connectivity index (χ1v) is 6.01. The van der Waals surface area contributed by atoms with Crippen LogP contribution in [0.3, 0.4) is 0 Å². The fourth-order valence-electron chi connectivity index (χ4n) is 2.34. The van der Waals surface area contributed by atoms with Crippen LogP contribution in [0.1, 0.15) is 26.7 Å². The molecule has 2 aliphatic heterocycles. The lowest BCUT2D eigenvalue weighted by molar-refractivity contribution is -0.142. The molecule has 5 nitrogen and oxygen atoms in total. The van der Waals surface area contributed by atoms with Crippen molar-refractivity contribution in [1.82, 2.24) is 10.2 Å². The minimum absolute atomic E-state index is 0.113. The molecule has 1 N–H and O–H groups in total. The van der Waals surface area contributed by atoms with E-state index in [1.807, 2.05) is 19.1 Å². The summed E-state index contributed by atoms with van der Waals surface area (Å²) < 4.78 is 0. The van der Waals surface area contributed by atoms with Crippen molar-refractivity contribution in [2.45, 2.75) is 32.7 Å². The van der Waals surface area contributed by atoms with Crippen molar-refractivity contribution in [2.24, 2.45) is 0 Å². The zero-order valence-electron chi connectivity index (χ0n) is 10.5. The van der Waals surface area contributed by atoms with Crippen molar-refractivity contribution in [3.05, 3.63) is 23.3 Å². The summed E-state index contributed by atoms with van der Waals surface area (Å²) in [6, 6.07) is -0.520. The van der Waals surface area contributed by atoms with Crippen molar-refractivity contribution < 1.29 is 14.4 Å². The fourth-order valence-corrected chi connectivity index (χ4v) is 2.34. The lowest BCUT2D eigenvalue weighted by atomic mass is 10.0. The van der Waals surface area contributed by atoms with Gasteiger partial charge in [0.1, 0.15) is 6.04 Å². The second kappa shape index (κ2) is 4.76. The Morgan fingerprint density at radius 2 is 2.06 bits per heavy atom. The fraction of sp³-hybridized carbons (Fsp3) is 0.462. The van der Waals surface area contributed by atoms with Crippen LogP contribution in [0.4, 0.5) is 0 Å². The van der Waals surface area contributed by atoms with Crippen LogP contribution in [0.15, 0.2) is 23.3 Å². The third-order valence-corrected chi connectivity index (χ3v) is 3.36. The number of hydrogen-bond acceptors (Lipinski definition) is 3. The summed E-state index contributed by atoms with van der Waals surface area (Å²) in [5, 5.41) is 2.28. The maximum Gasteiger partial charge on any atom is 0.250 e. The normalized spacial score (nSPS) is 25.3. The minimum atomic E-state index is -0.520. The number of nitrogens with one attached hydrogen (secondary N) is 1. The monoisotopic (exact) mass is 248 g/mol. The Morgan fingerprint density at radius 1 is 1.33 bits per heavy atom. The van der Waals surface area contributed by atoms with E-state index in [-0.39, 0.29) is 24.1 Å². The maximum atomic E-state index is 12.1. The summed E-state index contributed by atoms with van der Waals surface area (Å²) in [6.07, 6.45) is 4.46. The van der Waals surface area contributed by atoms with E-state index < -0.39 is 6.04 Å². The summed E-state index contributed by atoms with van der Waals surface area (Å²) in [7, 11) is 0. The molecule has 0 aromatic carbocycles. The molecule has 2 aliphatic rings. The summed E-state index contributed by atoms with van der Waals surface area (Å²) in [6.45, 7) is 4.10. The first-order valence-electron chi connectivity index (χ1n) is 6.01. The van der Waals surface area contributed by atoms with Gasteiger partial charge in [0.15, 0.2) is 0 Å². The lowest BCUT2D eigenvalue weighted by Crippen LogP contribution is -2.53. The van der Waals surface area contributed by atoms with Gasteiger partial charge in [-0.3, -0.25) is 19.7 Å². The summed E-state index contributed by atoms with van der Waals surface area (Å²) in [5.41, 5.74) is 1.62. The van der Waals surface area contributed by atoms with Gasteiger partial charge in [0.2, 0.25) is 11.8 Å². The Balaban J connectivity index is 2.16. The van der Waals surface area contributed by atoms with Gasteiger partial charge in [-0.1, -0.05) is 12.2 Å². The molecule has 1 fully saturated rings. The van der Waals surface area contributed by atoms with Gasteiger partial charge in [0.05, 0.1) is 0 Å². The number of hydrogen-bond donors (Lipinski definition) is 1. The molecule has 0 radical (unpaired) electrons. The van der Waals surface area contributed by atoms with E-state index in [1.165, 1.54) is 0 Å². The molecule has 0 aliphatic carbocycles. The molecule has 5 heteroatoms. The van der Waals surface area contributed by atoms with Gasteiger partial charge in [-0.05, 0) is 25.8 Å². The van der Waals surface area contributed by atoms with E-state index >= 15 is 0 Å². The highest BCUT2D eigenvalue weighted by molar-refractivity contribution is 6.04. The topological polar surface area (TPSA) is 66.5 Å². The zero-order valence-corrected chi connectivity index (χ0v) is 10.5. The molecule has 3 amide bonds. The molecule has 96 valence electrons. The molecule has 0 aromatic rings. The predicted octanol–water partition coefficient (Wildman–Crippen LogP) is 0.526. The summed E-state index contributed by atoms with van der Waals surface area (Å²) in [4.78, 5) is 36.5. The van der Waals surface area contributed by atoms with Crippen LogP contribution < -0.4 is 5.32 Å². The van der Waals surface area contributed by atoms with Crippen molar-refractivity contribution in [2.75, 3.05) is 6.54 Å². The third-order valence-electron chi connectivity index (χ3n) is 3.36. The highest BCUT2D eigenvalue weighted by Gasteiger charge is 2.38. The van der Waals surface area contributed by atoms with Crippen molar-refractivity contribution in [1.29, 1.82) is 0 Å². The Morgan fingerprint density at radius 3 is 2.67 bits per heavy atom. The number of allylic oxidation sites excluding steroid dienone is 1. The number of amides is 3. The number of piperidine rings is 1. The molecule has 0 saturated carbocycles. The van der Waals surface area contributed by atoms with E-state index in [2.05, 4.69) is 5.32 Å². The first-order chi connectivity index (χ1) is 8.54. The average molecular weight is 248 g/mol. The van der Waals surface area contributed by atoms with E-state index in [0.717, 1.165) is 5.57 Å². The highest BCUT2D eigenvalue weighted by Crippen LogP contribution is 2.25. The zero-order chi connectivity index (χ0) is 13.3. The van der Waals surface area contributed by atoms with Crippen molar-refractivity contribution >= 4 is 17.7 Å². The van der Waals surface area contributed by atoms with Gasteiger partial charge in [-0.2, -0.15) is 0 Å². The molecule has 2 heterocycles. The SMILES string of the molecule is C/C=C\C1=C(C)C(=O)N(C2CCC(=O)NC2=O)C1. The lowest BCUT2D eigenvalue weighted by Gasteiger charge is -2.29. The predicted molar refractivity (Wildman–Crippen MR) is 65.4 cm³/mol. The number of carbonyl (C=O) groups excluding carboxylic acids is 3. The molecule has 2 rings (SSSR count). The van der Waals surface area contributed by atoms with Gasteiger partial charge in [-0.25, -0.2) is 0 Å². The van der Waals surface area contributed by atoms with E-state index in [4.69, 9.17) is 0 Å². The number of imide groups is 1. The van der Waals surface area contributed by atoms with Crippen LogP contribution in [0.25, 0.3) is 0 Å². The molecule has 0 aromatic heterocycles. The Kier molecular flexibility index (Phi) is 3.32. The van der Waals surface area contributed by atoms with Gasteiger partial charge >= 0.3 is 0 Å². The second-order valence-electron chi connectivity index (χ2n) is 4.55. The van der Waals surface area contributed by atoms with E-state index in [9.17, 15) is 14.4 Å². The van der Waals surface area contributed by atoms with Crippen LogP contribution in [-0.4, -0.2) is 35.2 Å². The van der Waals surface area contributed by atoms with E-state index in [1.54, 1.807) is 11.8 Å². The molecular weight excluding hydrogens is 232 g/mol. The van der Waals surface area contributed by atoms with Gasteiger partial charge < -0.3 is 4.90 Å². The quantitative estimate of drug-likeness (QED) is 0.725. The number of rotatable bonds is 2. The Bertz CT molecular complexity index is 477. The third kappa shape index (κ3) is 2.08. The summed E-state index contributed by atoms with van der Waals surface area (Å²) >= 11 is 0. The highest BCUT2D eigenvalue weighted by atomic mass is 16.2. The van der Waals surface area contributed by atoms with Crippen LogP contribution >= 0.6 is 0 Å². The number of nitrogens with zero attached hydrogens (tertiary/aromatic N) is 1. The molecule has 0 bridgehead atoms. The smallest absolute Gasteiger partial charge is 0.250 e. The van der Waals surface area contributed by atoms with Crippen LogP contribution in [0.5, 0.6) is 0 Å². The van der Waals surface area contributed by atoms with Crippen molar-refractivity contribution in [3.63, 3.8) is 0 Å². The largest absolute Gasteiger partial charge is 0.323 e. The van der Waals surface area contributed by atoms with Gasteiger partial charge in [-0.15, -0.1) is 0 Å². The molecular formula is C13H16N2O3. The van der Waals surface area contributed by atoms with Crippen molar-refractivity contribution in [3.8, 4) is 0 Å². The van der Waals surface area contributed by atoms with Gasteiger partial charge in [0, 0.05) is 18.5 Å². The molecule has 18 heavy (non-hydrogen) atoms.